The SMILES string of the molecule is CC1=CC(=O)N(CCc2c[nH]c3ccccc23)C1=O. The number of carbonyl (C=O) groups is 2. The fourth-order valence-corrected chi connectivity index (χ4v) is 2.42. The second kappa shape index (κ2) is 4.39. The fraction of sp³-hybridized carbons (Fsp3) is 0.200. The van der Waals surface area contributed by atoms with Crippen LogP contribution in [0.2, 0.25) is 0 Å². The molecule has 0 fully saturated rings. The minimum absolute atomic E-state index is 0.176. The molecule has 0 radical (unpaired) electrons. The highest BCUT2D eigenvalue weighted by Gasteiger charge is 2.27. The van der Waals surface area contributed by atoms with Crippen LogP contribution in [-0.2, 0) is 16.0 Å². The van der Waals surface area contributed by atoms with Gasteiger partial charge in [-0.3, -0.25) is 14.5 Å². The topological polar surface area (TPSA) is 53.2 Å². The van der Waals surface area contributed by atoms with Crippen molar-refractivity contribution in [3.05, 3.63) is 47.7 Å². The maximum atomic E-state index is 11.8. The molecule has 2 heterocycles. The summed E-state index contributed by atoms with van der Waals surface area (Å²) >= 11 is 0. The van der Waals surface area contributed by atoms with Gasteiger partial charge in [0.25, 0.3) is 11.8 Å². The van der Waals surface area contributed by atoms with E-state index >= 15 is 0 Å². The van der Waals surface area contributed by atoms with Crippen molar-refractivity contribution < 1.29 is 9.59 Å². The molecule has 1 aromatic heterocycles. The lowest BCUT2D eigenvalue weighted by atomic mass is 10.1. The minimum Gasteiger partial charge on any atom is -0.361 e. The normalized spacial score (nSPS) is 15.4. The molecule has 96 valence electrons. The fourth-order valence-electron chi connectivity index (χ4n) is 2.42. The molecule has 0 bridgehead atoms. The number of nitrogens with zero attached hydrogens (tertiary/aromatic N) is 1. The zero-order chi connectivity index (χ0) is 13.4. The number of benzene rings is 1. The first-order chi connectivity index (χ1) is 9.16. The van der Waals surface area contributed by atoms with E-state index in [0.717, 1.165) is 16.5 Å². The van der Waals surface area contributed by atoms with Gasteiger partial charge in [-0.05, 0) is 25.0 Å². The summed E-state index contributed by atoms with van der Waals surface area (Å²) in [5.74, 6) is -0.382. The Morgan fingerprint density at radius 1 is 1.21 bits per heavy atom. The molecule has 0 unspecified atom stereocenters. The lowest BCUT2D eigenvalue weighted by Gasteiger charge is -2.13. The van der Waals surface area contributed by atoms with Crippen LogP contribution in [0.3, 0.4) is 0 Å². The van der Waals surface area contributed by atoms with Crippen molar-refractivity contribution in [3.8, 4) is 0 Å². The number of aromatic amines is 1. The van der Waals surface area contributed by atoms with Crippen LogP contribution < -0.4 is 0 Å². The molecule has 2 aromatic rings. The van der Waals surface area contributed by atoms with Crippen molar-refractivity contribution in [1.29, 1.82) is 0 Å². The maximum Gasteiger partial charge on any atom is 0.256 e. The number of carbonyl (C=O) groups excluding carboxylic acids is 2. The van der Waals surface area contributed by atoms with Gasteiger partial charge in [0, 0.05) is 35.3 Å². The summed E-state index contributed by atoms with van der Waals surface area (Å²) in [5.41, 5.74) is 2.72. The number of nitrogens with one attached hydrogen (secondary N) is 1. The van der Waals surface area contributed by atoms with Gasteiger partial charge in [0.15, 0.2) is 0 Å². The quantitative estimate of drug-likeness (QED) is 0.852. The lowest BCUT2D eigenvalue weighted by molar-refractivity contribution is -0.137. The molecule has 1 N–H and O–H groups in total. The Labute approximate surface area is 110 Å². The maximum absolute atomic E-state index is 11.8. The van der Waals surface area contributed by atoms with Gasteiger partial charge in [-0.2, -0.15) is 0 Å². The number of rotatable bonds is 3. The zero-order valence-electron chi connectivity index (χ0n) is 10.6. The first kappa shape index (κ1) is 11.7. The summed E-state index contributed by atoms with van der Waals surface area (Å²) in [6.07, 6.45) is 4.01. The number of fused-ring (bicyclic) bond motifs is 1. The third-order valence-electron chi connectivity index (χ3n) is 3.47. The smallest absolute Gasteiger partial charge is 0.256 e. The van der Waals surface area contributed by atoms with Crippen LogP contribution in [0, 0.1) is 0 Å². The second-order valence-corrected chi connectivity index (χ2v) is 4.73. The van der Waals surface area contributed by atoms with E-state index in [1.165, 1.54) is 11.0 Å². The number of H-pyrrole nitrogens is 1. The van der Waals surface area contributed by atoms with E-state index in [1.807, 2.05) is 30.5 Å². The summed E-state index contributed by atoms with van der Waals surface area (Å²) < 4.78 is 0. The Kier molecular flexibility index (Phi) is 2.71. The van der Waals surface area contributed by atoms with E-state index in [4.69, 9.17) is 0 Å². The van der Waals surface area contributed by atoms with Gasteiger partial charge in [0.1, 0.15) is 0 Å². The molecule has 0 atom stereocenters. The van der Waals surface area contributed by atoms with Gasteiger partial charge in [0.2, 0.25) is 0 Å². The van der Waals surface area contributed by atoms with E-state index in [9.17, 15) is 9.59 Å². The predicted molar refractivity (Wildman–Crippen MR) is 72.5 cm³/mol. The number of amides is 2. The molecule has 1 aromatic carbocycles. The van der Waals surface area contributed by atoms with E-state index in [0.29, 0.717) is 18.5 Å². The van der Waals surface area contributed by atoms with Gasteiger partial charge in [-0.1, -0.05) is 18.2 Å². The Balaban J connectivity index is 1.77. The van der Waals surface area contributed by atoms with Crippen molar-refractivity contribution in [3.63, 3.8) is 0 Å². The lowest BCUT2D eigenvalue weighted by Crippen LogP contribution is -2.32. The van der Waals surface area contributed by atoms with Crippen molar-refractivity contribution in [2.75, 3.05) is 6.54 Å². The Hall–Kier alpha value is -2.36. The summed E-state index contributed by atoms with van der Waals surface area (Å²) in [6.45, 7) is 2.10. The van der Waals surface area contributed by atoms with Crippen LogP contribution in [0.25, 0.3) is 10.9 Å². The molecule has 3 rings (SSSR count). The van der Waals surface area contributed by atoms with Gasteiger partial charge in [0.05, 0.1) is 0 Å². The summed E-state index contributed by atoms with van der Waals surface area (Å²) in [6, 6.07) is 8.01. The third kappa shape index (κ3) is 1.95. The Bertz CT molecular complexity index is 697. The molecule has 0 saturated heterocycles. The molecule has 19 heavy (non-hydrogen) atoms. The molecule has 4 nitrogen and oxygen atoms in total. The van der Waals surface area contributed by atoms with Crippen molar-refractivity contribution in [1.82, 2.24) is 9.88 Å². The monoisotopic (exact) mass is 254 g/mol. The molecule has 0 aliphatic carbocycles. The number of hydrogen-bond acceptors (Lipinski definition) is 2. The van der Waals surface area contributed by atoms with Gasteiger partial charge >= 0.3 is 0 Å². The van der Waals surface area contributed by atoms with Crippen LogP contribution in [0.4, 0.5) is 0 Å². The Morgan fingerprint density at radius 3 is 2.74 bits per heavy atom. The number of imide groups is 1. The first-order valence-corrected chi connectivity index (χ1v) is 6.26. The third-order valence-corrected chi connectivity index (χ3v) is 3.47. The molecule has 1 aliphatic heterocycles. The molecule has 0 saturated carbocycles. The average Bonchev–Trinajstić information content (AvgIpc) is 2.91. The predicted octanol–water partition coefficient (Wildman–Crippen LogP) is 2.03. The Morgan fingerprint density at radius 2 is 2.00 bits per heavy atom. The molecule has 2 amide bonds. The van der Waals surface area contributed by atoms with Gasteiger partial charge in [-0.15, -0.1) is 0 Å². The highest BCUT2D eigenvalue weighted by molar-refractivity contribution is 6.15. The van der Waals surface area contributed by atoms with E-state index in [1.54, 1.807) is 6.92 Å². The molecule has 1 aliphatic rings. The van der Waals surface area contributed by atoms with Crippen LogP contribution >= 0.6 is 0 Å². The van der Waals surface area contributed by atoms with Crippen molar-refractivity contribution in [2.45, 2.75) is 13.3 Å². The minimum atomic E-state index is -0.206. The van der Waals surface area contributed by atoms with E-state index < -0.39 is 0 Å². The summed E-state index contributed by atoms with van der Waals surface area (Å²) in [4.78, 5) is 27.9. The van der Waals surface area contributed by atoms with E-state index in [2.05, 4.69) is 4.98 Å². The second-order valence-electron chi connectivity index (χ2n) is 4.73. The number of para-hydroxylation sites is 1. The zero-order valence-corrected chi connectivity index (χ0v) is 10.6. The number of hydrogen-bond donors (Lipinski definition) is 1. The van der Waals surface area contributed by atoms with Crippen molar-refractivity contribution in [2.24, 2.45) is 0 Å². The standard InChI is InChI=1S/C15H14N2O2/c1-10-8-14(18)17(15(10)19)7-6-11-9-16-13-5-3-2-4-12(11)13/h2-5,8-9,16H,6-7H2,1H3. The van der Waals surface area contributed by atoms with Crippen LogP contribution in [-0.4, -0.2) is 28.2 Å². The first-order valence-electron chi connectivity index (χ1n) is 6.26. The summed E-state index contributed by atoms with van der Waals surface area (Å²) in [7, 11) is 0. The van der Waals surface area contributed by atoms with Crippen LogP contribution in [0.15, 0.2) is 42.1 Å². The molecular weight excluding hydrogens is 240 g/mol. The van der Waals surface area contributed by atoms with E-state index in [-0.39, 0.29) is 11.8 Å². The van der Waals surface area contributed by atoms with Crippen LogP contribution in [0.1, 0.15) is 12.5 Å². The molecule has 0 spiro atoms. The number of aromatic nitrogens is 1. The molecule has 4 heteroatoms. The van der Waals surface area contributed by atoms with Crippen molar-refractivity contribution >= 4 is 22.7 Å². The largest absolute Gasteiger partial charge is 0.361 e. The van der Waals surface area contributed by atoms with Gasteiger partial charge < -0.3 is 4.98 Å². The van der Waals surface area contributed by atoms with Gasteiger partial charge in [-0.25, -0.2) is 0 Å². The molecular formula is C15H14N2O2. The summed E-state index contributed by atoms with van der Waals surface area (Å²) in [5, 5.41) is 1.14. The highest BCUT2D eigenvalue weighted by Crippen LogP contribution is 2.19. The van der Waals surface area contributed by atoms with Crippen LogP contribution in [0.5, 0.6) is 0 Å². The average molecular weight is 254 g/mol. The highest BCUT2D eigenvalue weighted by atomic mass is 16.2.